The second-order valence-electron chi connectivity index (χ2n) is 8.14. The van der Waals surface area contributed by atoms with Crippen molar-refractivity contribution in [1.29, 1.82) is 0 Å². The number of carbonyl (C=O) groups excluding carboxylic acids is 1. The molecule has 0 saturated carbocycles. The van der Waals surface area contributed by atoms with Crippen LogP contribution in [0.3, 0.4) is 0 Å². The standard InChI is InChI=1S/C22H26N6O4/c1-15-11-17(26(2)25-15)22-24-23-20(32-22)5-6-21(29)28-9-7-27(8-10-28)13-16-3-4-18-19(12-16)31-14-30-18/h3-4,11-12H,5-10,13-14H2,1-2H3. The molecular formula is C22H26N6O4. The largest absolute Gasteiger partial charge is 0.454 e. The molecule has 1 saturated heterocycles. The third-order valence-corrected chi connectivity index (χ3v) is 5.81. The number of rotatable bonds is 6. The van der Waals surface area contributed by atoms with E-state index in [0.29, 0.717) is 37.7 Å². The molecule has 1 aromatic carbocycles. The van der Waals surface area contributed by atoms with Crippen LogP contribution in [0, 0.1) is 6.92 Å². The highest BCUT2D eigenvalue weighted by Crippen LogP contribution is 2.32. The minimum Gasteiger partial charge on any atom is -0.454 e. The van der Waals surface area contributed by atoms with Crippen molar-refractivity contribution in [2.24, 2.45) is 7.05 Å². The van der Waals surface area contributed by atoms with Gasteiger partial charge in [0.25, 0.3) is 5.89 Å². The van der Waals surface area contributed by atoms with Gasteiger partial charge < -0.3 is 18.8 Å². The van der Waals surface area contributed by atoms with Gasteiger partial charge in [0, 0.05) is 52.6 Å². The van der Waals surface area contributed by atoms with E-state index in [2.05, 4.69) is 26.3 Å². The van der Waals surface area contributed by atoms with Crippen LogP contribution in [0.4, 0.5) is 0 Å². The summed E-state index contributed by atoms with van der Waals surface area (Å²) < 4.78 is 18.3. The average Bonchev–Trinajstić information content (AvgIpc) is 3.52. The molecule has 168 valence electrons. The molecule has 4 heterocycles. The Balaban J connectivity index is 1.09. The van der Waals surface area contributed by atoms with Crippen LogP contribution in [0.1, 0.15) is 23.6 Å². The topological polar surface area (TPSA) is 98.8 Å². The second kappa shape index (κ2) is 8.62. The Hall–Kier alpha value is -3.40. The highest BCUT2D eigenvalue weighted by atomic mass is 16.7. The fraction of sp³-hybridized carbons (Fsp3) is 0.455. The van der Waals surface area contributed by atoms with Crippen LogP contribution in [-0.2, 0) is 24.8 Å². The molecule has 2 aliphatic rings. The minimum atomic E-state index is 0.115. The van der Waals surface area contributed by atoms with Gasteiger partial charge in [0.2, 0.25) is 18.6 Å². The lowest BCUT2D eigenvalue weighted by molar-refractivity contribution is -0.133. The number of aromatic nitrogens is 4. The van der Waals surface area contributed by atoms with E-state index in [1.54, 1.807) is 4.68 Å². The fourth-order valence-electron chi connectivity index (χ4n) is 4.09. The molecule has 0 aliphatic carbocycles. The van der Waals surface area contributed by atoms with Gasteiger partial charge in [-0.05, 0) is 30.7 Å². The van der Waals surface area contributed by atoms with Crippen molar-refractivity contribution in [1.82, 2.24) is 29.8 Å². The number of piperazine rings is 1. The van der Waals surface area contributed by atoms with Crippen LogP contribution >= 0.6 is 0 Å². The zero-order valence-corrected chi connectivity index (χ0v) is 18.3. The van der Waals surface area contributed by atoms with E-state index < -0.39 is 0 Å². The lowest BCUT2D eigenvalue weighted by Gasteiger charge is -2.34. The van der Waals surface area contributed by atoms with E-state index in [1.165, 1.54) is 5.56 Å². The lowest BCUT2D eigenvalue weighted by Crippen LogP contribution is -2.48. The molecule has 2 aliphatic heterocycles. The molecule has 0 N–H and O–H groups in total. The van der Waals surface area contributed by atoms with Gasteiger partial charge in [-0.1, -0.05) is 6.07 Å². The normalized spacial score (nSPS) is 16.0. The molecule has 5 rings (SSSR count). The number of hydrogen-bond donors (Lipinski definition) is 0. The highest BCUT2D eigenvalue weighted by molar-refractivity contribution is 5.76. The van der Waals surface area contributed by atoms with Gasteiger partial charge in [-0.2, -0.15) is 5.10 Å². The molecule has 0 atom stereocenters. The van der Waals surface area contributed by atoms with Crippen LogP contribution in [0.15, 0.2) is 28.7 Å². The average molecular weight is 438 g/mol. The molecule has 2 aromatic heterocycles. The van der Waals surface area contributed by atoms with Crippen molar-refractivity contribution in [3.05, 3.63) is 41.4 Å². The molecule has 10 heteroatoms. The summed E-state index contributed by atoms with van der Waals surface area (Å²) >= 11 is 0. The third-order valence-electron chi connectivity index (χ3n) is 5.81. The lowest BCUT2D eigenvalue weighted by atomic mass is 10.1. The van der Waals surface area contributed by atoms with Crippen molar-refractivity contribution in [3.8, 4) is 23.1 Å². The molecule has 1 amide bonds. The van der Waals surface area contributed by atoms with Gasteiger partial charge in [-0.15, -0.1) is 10.2 Å². The smallest absolute Gasteiger partial charge is 0.265 e. The fourth-order valence-corrected chi connectivity index (χ4v) is 4.09. The molecule has 32 heavy (non-hydrogen) atoms. The number of hydrogen-bond acceptors (Lipinski definition) is 8. The monoisotopic (exact) mass is 438 g/mol. The number of amides is 1. The van der Waals surface area contributed by atoms with Gasteiger partial charge in [0.05, 0.1) is 5.69 Å². The Morgan fingerprint density at radius 2 is 1.88 bits per heavy atom. The number of ether oxygens (including phenoxy) is 2. The highest BCUT2D eigenvalue weighted by Gasteiger charge is 2.23. The molecule has 0 radical (unpaired) electrons. The van der Waals surface area contributed by atoms with Crippen molar-refractivity contribution < 1.29 is 18.7 Å². The van der Waals surface area contributed by atoms with E-state index in [4.69, 9.17) is 13.9 Å². The second-order valence-corrected chi connectivity index (χ2v) is 8.14. The Morgan fingerprint density at radius 1 is 1.06 bits per heavy atom. The third kappa shape index (κ3) is 4.31. The summed E-state index contributed by atoms with van der Waals surface area (Å²) in [5, 5.41) is 12.5. The summed E-state index contributed by atoms with van der Waals surface area (Å²) in [6.45, 7) is 6.13. The van der Waals surface area contributed by atoms with E-state index in [0.717, 1.165) is 42.5 Å². The van der Waals surface area contributed by atoms with E-state index in [1.807, 2.05) is 37.1 Å². The van der Waals surface area contributed by atoms with Crippen LogP contribution < -0.4 is 9.47 Å². The summed E-state index contributed by atoms with van der Waals surface area (Å²) in [7, 11) is 1.84. The number of fused-ring (bicyclic) bond motifs is 1. The Morgan fingerprint density at radius 3 is 2.66 bits per heavy atom. The van der Waals surface area contributed by atoms with E-state index in [9.17, 15) is 4.79 Å². The van der Waals surface area contributed by atoms with Crippen LogP contribution in [-0.4, -0.2) is 68.7 Å². The Kier molecular flexibility index (Phi) is 5.52. The van der Waals surface area contributed by atoms with Crippen LogP contribution in [0.25, 0.3) is 11.6 Å². The zero-order valence-electron chi connectivity index (χ0n) is 18.3. The zero-order chi connectivity index (χ0) is 22.1. The van der Waals surface area contributed by atoms with E-state index in [-0.39, 0.29) is 12.7 Å². The molecule has 3 aromatic rings. The molecule has 1 fully saturated rings. The molecule has 10 nitrogen and oxygen atoms in total. The van der Waals surface area contributed by atoms with Crippen LogP contribution in [0.5, 0.6) is 11.5 Å². The predicted octanol–water partition coefficient (Wildman–Crippen LogP) is 1.78. The van der Waals surface area contributed by atoms with Crippen molar-refractivity contribution >= 4 is 5.91 Å². The molecule has 0 bridgehead atoms. The minimum absolute atomic E-state index is 0.115. The number of carbonyl (C=O) groups is 1. The van der Waals surface area contributed by atoms with Gasteiger partial charge >= 0.3 is 0 Å². The van der Waals surface area contributed by atoms with Crippen molar-refractivity contribution in [2.75, 3.05) is 33.0 Å². The first kappa shape index (κ1) is 20.5. The summed E-state index contributed by atoms with van der Waals surface area (Å²) in [5.74, 6) is 2.61. The van der Waals surface area contributed by atoms with Crippen LogP contribution in [0.2, 0.25) is 0 Å². The van der Waals surface area contributed by atoms with E-state index >= 15 is 0 Å². The Labute approximate surface area is 185 Å². The quantitative estimate of drug-likeness (QED) is 0.574. The first-order chi connectivity index (χ1) is 15.5. The van der Waals surface area contributed by atoms with Crippen molar-refractivity contribution in [3.63, 3.8) is 0 Å². The SMILES string of the molecule is Cc1cc(-c2nnc(CCC(=O)N3CCN(Cc4ccc5c(c4)OCO5)CC3)o2)n(C)n1. The maximum atomic E-state index is 12.7. The predicted molar refractivity (Wildman–Crippen MR) is 114 cm³/mol. The molecular weight excluding hydrogens is 412 g/mol. The number of benzene rings is 1. The number of aryl methyl sites for hydroxylation is 3. The van der Waals surface area contributed by atoms with Crippen molar-refractivity contribution in [2.45, 2.75) is 26.3 Å². The van der Waals surface area contributed by atoms with Gasteiger partial charge in [-0.25, -0.2) is 0 Å². The van der Waals surface area contributed by atoms with Gasteiger partial charge in [0.1, 0.15) is 5.69 Å². The maximum absolute atomic E-state index is 12.7. The van der Waals surface area contributed by atoms with Gasteiger partial charge in [-0.3, -0.25) is 14.4 Å². The molecule has 0 unspecified atom stereocenters. The maximum Gasteiger partial charge on any atom is 0.265 e. The first-order valence-electron chi connectivity index (χ1n) is 10.8. The summed E-state index contributed by atoms with van der Waals surface area (Å²) in [6, 6.07) is 7.95. The Bertz CT molecular complexity index is 1120. The summed E-state index contributed by atoms with van der Waals surface area (Å²) in [4.78, 5) is 16.9. The van der Waals surface area contributed by atoms with Gasteiger partial charge in [0.15, 0.2) is 11.5 Å². The summed E-state index contributed by atoms with van der Waals surface area (Å²) in [5.41, 5.74) is 2.84. The molecule has 0 spiro atoms. The summed E-state index contributed by atoms with van der Waals surface area (Å²) in [6.07, 6.45) is 0.786. The number of nitrogens with zero attached hydrogens (tertiary/aromatic N) is 6. The first-order valence-corrected chi connectivity index (χ1v) is 10.8.